The molecule has 0 saturated heterocycles. The van der Waals surface area contributed by atoms with Gasteiger partial charge < -0.3 is 5.32 Å². The van der Waals surface area contributed by atoms with Crippen molar-refractivity contribution < 1.29 is 4.79 Å². The minimum Gasteiger partial charge on any atom is -0.325 e. The highest BCUT2D eigenvalue weighted by Crippen LogP contribution is 2.40. The van der Waals surface area contributed by atoms with Gasteiger partial charge >= 0.3 is 0 Å². The number of anilines is 1. The summed E-state index contributed by atoms with van der Waals surface area (Å²) in [6, 6.07) is 16.1. The monoisotopic (exact) mass is 374 g/mol. The maximum Gasteiger partial charge on any atom is 0.240 e. The number of aryl methyl sites for hydroxylation is 1. The Morgan fingerprint density at radius 1 is 1.15 bits per heavy atom. The highest BCUT2D eigenvalue weighted by atomic mass is 32.2. The number of hydrogen-bond acceptors (Lipinski definition) is 5. The number of rotatable bonds is 2. The van der Waals surface area contributed by atoms with Gasteiger partial charge in [-0.05, 0) is 36.2 Å². The Hall–Kier alpha value is -2.86. The van der Waals surface area contributed by atoms with Crippen molar-refractivity contribution >= 4 is 39.3 Å². The fourth-order valence-electron chi connectivity index (χ4n) is 3.60. The average Bonchev–Trinajstić information content (AvgIpc) is 2.73. The van der Waals surface area contributed by atoms with Crippen LogP contribution in [0.15, 0.2) is 59.8 Å². The summed E-state index contributed by atoms with van der Waals surface area (Å²) in [5, 5.41) is 9.30. The van der Waals surface area contributed by atoms with E-state index in [9.17, 15) is 4.79 Å². The van der Waals surface area contributed by atoms with Crippen molar-refractivity contribution in [3.8, 4) is 0 Å². The molecule has 2 atom stereocenters. The summed E-state index contributed by atoms with van der Waals surface area (Å²) < 4.78 is 0. The van der Waals surface area contributed by atoms with Crippen molar-refractivity contribution in [1.29, 1.82) is 0 Å². The van der Waals surface area contributed by atoms with Gasteiger partial charge in [0.2, 0.25) is 5.91 Å². The van der Waals surface area contributed by atoms with E-state index in [-0.39, 0.29) is 17.2 Å². The van der Waals surface area contributed by atoms with Gasteiger partial charge in [-0.1, -0.05) is 43.0 Å². The molecule has 134 valence electrons. The number of aromatic nitrogens is 1. The predicted molar refractivity (Wildman–Crippen MR) is 110 cm³/mol. The van der Waals surface area contributed by atoms with E-state index in [1.807, 2.05) is 30.3 Å². The summed E-state index contributed by atoms with van der Waals surface area (Å²) >= 11 is 1.52. The second-order valence-electron chi connectivity index (χ2n) is 6.74. The number of pyridine rings is 1. The average molecular weight is 374 g/mol. The molecule has 2 aliphatic heterocycles. The molecule has 0 radical (unpaired) electrons. The zero-order valence-electron chi connectivity index (χ0n) is 14.8. The van der Waals surface area contributed by atoms with Crippen LogP contribution in [0.1, 0.15) is 29.7 Å². The number of hydrazone groups is 1. The number of amides is 1. The molecule has 6 heteroatoms. The highest BCUT2D eigenvalue weighted by molar-refractivity contribution is 8.15. The Balaban J connectivity index is 1.52. The molecule has 27 heavy (non-hydrogen) atoms. The third kappa shape index (κ3) is 2.77. The molecule has 3 aromatic rings. The molecule has 2 N–H and O–H groups in total. The lowest BCUT2D eigenvalue weighted by Gasteiger charge is -2.35. The van der Waals surface area contributed by atoms with Crippen molar-refractivity contribution in [2.75, 3.05) is 5.32 Å². The molecule has 2 aliphatic rings. The minimum atomic E-state index is -0.248. The van der Waals surface area contributed by atoms with E-state index in [1.54, 1.807) is 6.20 Å². The molecule has 5 rings (SSSR count). The first-order chi connectivity index (χ1) is 13.2. The number of benzene rings is 2. The topological polar surface area (TPSA) is 66.4 Å². The number of thioether (sulfide) groups is 1. The smallest absolute Gasteiger partial charge is 0.240 e. The van der Waals surface area contributed by atoms with Crippen molar-refractivity contribution in [3.63, 3.8) is 0 Å². The summed E-state index contributed by atoms with van der Waals surface area (Å²) in [6.07, 6.45) is 2.75. The van der Waals surface area contributed by atoms with Crippen LogP contribution in [0.5, 0.6) is 0 Å². The van der Waals surface area contributed by atoms with Crippen molar-refractivity contribution in [1.82, 2.24) is 10.4 Å². The Labute approximate surface area is 161 Å². The molecule has 5 nitrogen and oxygen atoms in total. The third-order valence-electron chi connectivity index (χ3n) is 5.07. The molecule has 0 bridgehead atoms. The van der Waals surface area contributed by atoms with Gasteiger partial charge in [0.05, 0.1) is 11.6 Å². The van der Waals surface area contributed by atoms with Crippen LogP contribution in [0.25, 0.3) is 10.9 Å². The maximum atomic E-state index is 12.7. The Morgan fingerprint density at radius 3 is 2.96 bits per heavy atom. The van der Waals surface area contributed by atoms with Crippen LogP contribution in [0.2, 0.25) is 0 Å². The van der Waals surface area contributed by atoms with E-state index < -0.39 is 0 Å². The molecule has 2 unspecified atom stereocenters. The fourth-order valence-corrected chi connectivity index (χ4v) is 4.71. The zero-order valence-corrected chi connectivity index (χ0v) is 15.6. The van der Waals surface area contributed by atoms with Crippen LogP contribution in [-0.2, 0) is 11.2 Å². The number of nitrogens with zero attached hydrogens (tertiary/aromatic N) is 2. The molecular formula is C21H18N4OS. The molecule has 0 saturated carbocycles. The summed E-state index contributed by atoms with van der Waals surface area (Å²) in [5.41, 5.74) is 8.43. The van der Waals surface area contributed by atoms with Crippen LogP contribution < -0.4 is 10.7 Å². The van der Waals surface area contributed by atoms with Crippen molar-refractivity contribution in [3.05, 3.63) is 71.4 Å². The number of hydrogen-bond donors (Lipinski definition) is 2. The predicted octanol–water partition coefficient (Wildman–Crippen LogP) is 3.86. The summed E-state index contributed by atoms with van der Waals surface area (Å²) in [4.78, 5) is 17.1. The summed E-state index contributed by atoms with van der Waals surface area (Å²) in [5.74, 6) is 0.0177. The molecule has 1 amide bonds. The van der Waals surface area contributed by atoms with E-state index in [0.717, 1.165) is 39.2 Å². The van der Waals surface area contributed by atoms with Crippen LogP contribution in [-0.4, -0.2) is 21.2 Å². The largest absolute Gasteiger partial charge is 0.325 e. The van der Waals surface area contributed by atoms with E-state index in [1.165, 1.54) is 17.3 Å². The fraction of sp³-hybridized carbons (Fsp3) is 0.190. The molecular weight excluding hydrogens is 356 g/mol. The normalized spacial score (nSPS) is 20.9. The summed E-state index contributed by atoms with van der Waals surface area (Å²) in [6.45, 7) is 2.13. The van der Waals surface area contributed by atoms with E-state index in [0.29, 0.717) is 0 Å². The number of nitrogens with one attached hydrogen (secondary N) is 2. The van der Waals surface area contributed by atoms with Gasteiger partial charge in [-0.15, -0.1) is 0 Å². The maximum absolute atomic E-state index is 12.7. The zero-order chi connectivity index (χ0) is 18.4. The lowest BCUT2D eigenvalue weighted by atomic mass is 9.95. The van der Waals surface area contributed by atoms with E-state index in [4.69, 9.17) is 0 Å². The van der Waals surface area contributed by atoms with Gasteiger partial charge in [0, 0.05) is 28.4 Å². The van der Waals surface area contributed by atoms with Crippen LogP contribution >= 0.6 is 11.8 Å². The SMILES string of the molecule is CCc1ccc2c(c1)C1NN=C(c3ccc4ncccc4c3)SC1C(=O)N2. The first-order valence-corrected chi connectivity index (χ1v) is 9.89. The molecule has 0 spiro atoms. The standard InChI is InChI=1S/C21H18N4OS/c1-2-12-5-7-17-15(10-12)18-19(20(26)23-17)27-21(25-24-18)14-6-8-16-13(11-14)4-3-9-22-16/h3-11,18-19,24H,2H2,1H3,(H,23,26). The van der Waals surface area contributed by atoms with Crippen LogP contribution in [0, 0.1) is 0 Å². The number of fused-ring (bicyclic) bond motifs is 4. The Kier molecular flexibility index (Phi) is 3.86. The van der Waals surface area contributed by atoms with Gasteiger partial charge in [0.1, 0.15) is 10.3 Å². The second kappa shape index (κ2) is 6.39. The minimum absolute atomic E-state index is 0.0177. The lowest BCUT2D eigenvalue weighted by molar-refractivity contribution is -0.116. The van der Waals surface area contributed by atoms with Gasteiger partial charge in [0.25, 0.3) is 0 Å². The number of carbonyl (C=O) groups is 1. The first kappa shape index (κ1) is 16.3. The third-order valence-corrected chi connectivity index (χ3v) is 6.36. The van der Waals surface area contributed by atoms with E-state index in [2.05, 4.69) is 46.0 Å². The quantitative estimate of drug-likeness (QED) is 0.715. The van der Waals surface area contributed by atoms with Gasteiger partial charge in [0.15, 0.2) is 0 Å². The van der Waals surface area contributed by atoms with E-state index >= 15 is 0 Å². The molecule has 0 fully saturated rings. The molecule has 0 aliphatic carbocycles. The lowest BCUT2D eigenvalue weighted by Crippen LogP contribution is -2.44. The molecule has 2 aromatic carbocycles. The molecule has 3 heterocycles. The Bertz CT molecular complexity index is 1090. The number of carbonyl (C=O) groups excluding carboxylic acids is 1. The van der Waals surface area contributed by atoms with Gasteiger partial charge in [-0.25, -0.2) is 0 Å². The van der Waals surface area contributed by atoms with Gasteiger partial charge in [-0.2, -0.15) is 5.10 Å². The second-order valence-corrected chi connectivity index (χ2v) is 7.87. The molecule has 1 aromatic heterocycles. The Morgan fingerprint density at radius 2 is 2.07 bits per heavy atom. The summed E-state index contributed by atoms with van der Waals surface area (Å²) in [7, 11) is 0. The van der Waals surface area contributed by atoms with Crippen molar-refractivity contribution in [2.45, 2.75) is 24.6 Å². The van der Waals surface area contributed by atoms with Crippen LogP contribution in [0.3, 0.4) is 0 Å². The highest BCUT2D eigenvalue weighted by Gasteiger charge is 2.40. The van der Waals surface area contributed by atoms with Crippen LogP contribution in [0.4, 0.5) is 5.69 Å². The van der Waals surface area contributed by atoms with Crippen molar-refractivity contribution in [2.24, 2.45) is 5.10 Å². The van der Waals surface area contributed by atoms with Gasteiger partial charge in [-0.3, -0.25) is 15.2 Å². The first-order valence-electron chi connectivity index (χ1n) is 9.01.